The number of rotatable bonds is 7. The summed E-state index contributed by atoms with van der Waals surface area (Å²) in [6, 6.07) is 0. The molecule has 2 atom stereocenters. The predicted octanol–water partition coefficient (Wildman–Crippen LogP) is 2.08. The Kier molecular flexibility index (Phi) is 5.92. The molecular formula is C10H20N2O4. The fraction of sp³-hybridized carbons (Fsp3) is 1.00. The highest BCUT2D eigenvalue weighted by molar-refractivity contribution is 4.74. The fourth-order valence-electron chi connectivity index (χ4n) is 2.03. The number of hydrogen-bond acceptors (Lipinski definition) is 4. The Morgan fingerprint density at radius 1 is 0.812 bits per heavy atom. The average molecular weight is 232 g/mol. The maximum absolute atomic E-state index is 10.6. The molecule has 0 rings (SSSR count). The summed E-state index contributed by atoms with van der Waals surface area (Å²) in [5.41, 5.74) is 0. The van der Waals surface area contributed by atoms with Gasteiger partial charge in [0.1, 0.15) is 0 Å². The van der Waals surface area contributed by atoms with Crippen LogP contribution < -0.4 is 0 Å². The van der Waals surface area contributed by atoms with E-state index in [1.165, 1.54) is 0 Å². The van der Waals surface area contributed by atoms with Gasteiger partial charge in [-0.15, -0.1) is 0 Å². The lowest BCUT2D eigenvalue weighted by Gasteiger charge is -2.27. The molecule has 0 heterocycles. The third-order valence-corrected chi connectivity index (χ3v) is 2.98. The van der Waals surface area contributed by atoms with Crippen LogP contribution in [0.4, 0.5) is 0 Å². The summed E-state index contributed by atoms with van der Waals surface area (Å²) < 4.78 is 0. The van der Waals surface area contributed by atoms with Crippen molar-refractivity contribution in [3.8, 4) is 0 Å². The zero-order valence-electron chi connectivity index (χ0n) is 10.3. The van der Waals surface area contributed by atoms with Gasteiger partial charge in [-0.3, -0.25) is 20.2 Å². The lowest BCUT2D eigenvalue weighted by molar-refractivity contribution is -0.511. The van der Waals surface area contributed by atoms with E-state index in [-0.39, 0.29) is 46.6 Å². The molecule has 0 saturated carbocycles. The van der Waals surface area contributed by atoms with Crippen LogP contribution in [0.1, 0.15) is 27.7 Å². The van der Waals surface area contributed by atoms with E-state index in [2.05, 4.69) is 0 Å². The second-order valence-corrected chi connectivity index (χ2v) is 4.85. The van der Waals surface area contributed by atoms with Gasteiger partial charge < -0.3 is 0 Å². The Balaban J connectivity index is 4.79. The summed E-state index contributed by atoms with van der Waals surface area (Å²) >= 11 is 0. The third-order valence-electron chi connectivity index (χ3n) is 2.98. The Morgan fingerprint density at radius 2 is 1.06 bits per heavy atom. The van der Waals surface area contributed by atoms with E-state index < -0.39 is 0 Å². The van der Waals surface area contributed by atoms with E-state index in [0.717, 1.165) is 0 Å². The van der Waals surface area contributed by atoms with E-state index in [4.69, 9.17) is 0 Å². The quantitative estimate of drug-likeness (QED) is 0.496. The van der Waals surface area contributed by atoms with Crippen LogP contribution in [0.3, 0.4) is 0 Å². The summed E-state index contributed by atoms with van der Waals surface area (Å²) in [6.07, 6.45) is 0. The summed E-state index contributed by atoms with van der Waals surface area (Å²) in [6.45, 7) is 7.14. The first-order valence-electron chi connectivity index (χ1n) is 5.49. The molecule has 0 aliphatic rings. The zero-order chi connectivity index (χ0) is 12.9. The van der Waals surface area contributed by atoms with Gasteiger partial charge in [0.25, 0.3) is 0 Å². The van der Waals surface area contributed by atoms with Gasteiger partial charge in [-0.2, -0.15) is 0 Å². The van der Waals surface area contributed by atoms with Crippen molar-refractivity contribution in [2.24, 2.45) is 23.7 Å². The molecule has 94 valence electrons. The second kappa shape index (κ2) is 6.40. The van der Waals surface area contributed by atoms with Crippen LogP contribution in [-0.4, -0.2) is 22.9 Å². The van der Waals surface area contributed by atoms with Crippen molar-refractivity contribution in [3.63, 3.8) is 0 Å². The normalized spacial score (nSPS) is 15.1. The van der Waals surface area contributed by atoms with Crippen molar-refractivity contribution in [2.75, 3.05) is 13.1 Å². The molecule has 0 radical (unpaired) electrons. The van der Waals surface area contributed by atoms with Gasteiger partial charge in [-0.1, -0.05) is 27.7 Å². The number of hydrogen-bond donors (Lipinski definition) is 0. The molecule has 0 aromatic rings. The molecule has 16 heavy (non-hydrogen) atoms. The Morgan fingerprint density at radius 3 is 1.19 bits per heavy atom. The standard InChI is InChI=1S/C10H20N2O4/c1-7(2)9(5-11(13)14)10(8(3)4)6-12(15)16/h7-10H,5-6H2,1-4H3/t9-,10-/m1/s1. The molecule has 0 fully saturated rings. The largest absolute Gasteiger partial charge is 0.265 e. The zero-order valence-corrected chi connectivity index (χ0v) is 10.3. The third kappa shape index (κ3) is 5.04. The minimum absolute atomic E-state index is 0.0812. The van der Waals surface area contributed by atoms with Crippen LogP contribution >= 0.6 is 0 Å². The Hall–Kier alpha value is -1.20. The van der Waals surface area contributed by atoms with Crippen LogP contribution in [-0.2, 0) is 0 Å². The van der Waals surface area contributed by atoms with Crippen LogP contribution in [0.2, 0.25) is 0 Å². The monoisotopic (exact) mass is 232 g/mol. The summed E-state index contributed by atoms with van der Waals surface area (Å²) in [7, 11) is 0. The first-order chi connectivity index (χ1) is 7.25. The van der Waals surface area contributed by atoms with Gasteiger partial charge >= 0.3 is 0 Å². The SMILES string of the molecule is CC(C)[C@@H](C[N+](=O)[O-])[C@H](C[N+](=O)[O-])C(C)C. The van der Waals surface area contributed by atoms with Crippen molar-refractivity contribution in [1.29, 1.82) is 0 Å². The smallest absolute Gasteiger partial charge is 0.207 e. The van der Waals surface area contributed by atoms with Gasteiger partial charge in [-0.05, 0) is 11.8 Å². The van der Waals surface area contributed by atoms with Crippen molar-refractivity contribution in [1.82, 2.24) is 0 Å². The van der Waals surface area contributed by atoms with E-state index >= 15 is 0 Å². The number of nitro groups is 2. The topological polar surface area (TPSA) is 86.3 Å². The molecule has 0 unspecified atom stereocenters. The molecule has 0 saturated heterocycles. The van der Waals surface area contributed by atoms with Gasteiger partial charge in [0, 0.05) is 21.7 Å². The van der Waals surface area contributed by atoms with Crippen molar-refractivity contribution in [2.45, 2.75) is 27.7 Å². The van der Waals surface area contributed by atoms with Crippen LogP contribution in [0.25, 0.3) is 0 Å². The molecule has 0 amide bonds. The molecule has 0 aromatic carbocycles. The van der Waals surface area contributed by atoms with E-state index in [0.29, 0.717) is 0 Å². The highest BCUT2D eigenvalue weighted by Gasteiger charge is 2.34. The van der Waals surface area contributed by atoms with E-state index in [1.54, 1.807) is 0 Å². The van der Waals surface area contributed by atoms with Crippen LogP contribution in [0.15, 0.2) is 0 Å². The summed E-state index contributed by atoms with van der Waals surface area (Å²) in [5.74, 6) is -0.309. The highest BCUT2D eigenvalue weighted by Crippen LogP contribution is 2.27. The molecule has 6 heteroatoms. The molecule has 0 bridgehead atoms. The minimum Gasteiger partial charge on any atom is -0.265 e. The van der Waals surface area contributed by atoms with Crippen LogP contribution in [0, 0.1) is 43.9 Å². The maximum atomic E-state index is 10.6. The molecule has 0 N–H and O–H groups in total. The first-order valence-corrected chi connectivity index (χ1v) is 5.49. The van der Waals surface area contributed by atoms with Gasteiger partial charge in [0.2, 0.25) is 13.1 Å². The van der Waals surface area contributed by atoms with E-state index in [1.807, 2.05) is 27.7 Å². The van der Waals surface area contributed by atoms with Gasteiger partial charge in [0.15, 0.2) is 0 Å². The lowest BCUT2D eigenvalue weighted by atomic mass is 9.77. The lowest BCUT2D eigenvalue weighted by Crippen LogP contribution is -2.35. The molecule has 0 aliphatic heterocycles. The highest BCUT2D eigenvalue weighted by atomic mass is 16.6. The van der Waals surface area contributed by atoms with Crippen molar-refractivity contribution < 1.29 is 9.85 Å². The van der Waals surface area contributed by atoms with Crippen LogP contribution in [0.5, 0.6) is 0 Å². The maximum Gasteiger partial charge on any atom is 0.207 e. The van der Waals surface area contributed by atoms with E-state index in [9.17, 15) is 20.2 Å². The Labute approximate surface area is 95.3 Å². The number of nitrogens with zero attached hydrogens (tertiary/aromatic N) is 2. The minimum atomic E-state index is -0.375. The molecular weight excluding hydrogens is 212 g/mol. The Bertz CT molecular complexity index is 227. The molecule has 6 nitrogen and oxygen atoms in total. The summed E-state index contributed by atoms with van der Waals surface area (Å²) in [4.78, 5) is 20.4. The van der Waals surface area contributed by atoms with Crippen molar-refractivity contribution >= 4 is 0 Å². The summed E-state index contributed by atoms with van der Waals surface area (Å²) in [5, 5.41) is 21.1. The van der Waals surface area contributed by atoms with Crippen molar-refractivity contribution in [3.05, 3.63) is 20.2 Å². The second-order valence-electron chi connectivity index (χ2n) is 4.85. The van der Waals surface area contributed by atoms with Gasteiger partial charge in [-0.25, -0.2) is 0 Å². The van der Waals surface area contributed by atoms with Gasteiger partial charge in [0.05, 0.1) is 0 Å². The first kappa shape index (κ1) is 14.8. The average Bonchev–Trinajstić information content (AvgIpc) is 2.09. The molecule has 0 aliphatic carbocycles. The fourth-order valence-corrected chi connectivity index (χ4v) is 2.03. The molecule has 0 aromatic heterocycles. The molecule has 0 spiro atoms. The predicted molar refractivity (Wildman–Crippen MR) is 60.4 cm³/mol.